The quantitative estimate of drug-likeness (QED) is 0.698. The van der Waals surface area contributed by atoms with Gasteiger partial charge in [-0.3, -0.25) is 4.79 Å². The van der Waals surface area contributed by atoms with E-state index >= 15 is 0 Å². The Kier molecular flexibility index (Phi) is 3.86. The van der Waals surface area contributed by atoms with E-state index < -0.39 is 5.24 Å². The maximum atomic E-state index is 10.9. The van der Waals surface area contributed by atoms with E-state index in [1.54, 1.807) is 10.7 Å². The average molecular weight is 225 g/mol. The van der Waals surface area contributed by atoms with E-state index in [-0.39, 0.29) is 0 Å². The molecule has 0 atom stereocenters. The Bertz CT molecular complexity index is 476. The fraction of sp³-hybridized carbons (Fsp3) is 0.273. The molecule has 0 saturated carbocycles. The molecule has 2 aromatic heterocycles. The van der Waals surface area contributed by atoms with Gasteiger partial charge in [-0.15, -0.1) is 0 Å². The zero-order chi connectivity index (χ0) is 11.4. The molecule has 2 aromatic rings. The number of aryl methyl sites for hydroxylation is 1. The molecule has 0 fully saturated rings. The standard InChI is InChI=1S/C9H7ClN2O.C2H6/c1-6-2-3-7-8(9(10)13)11-5-12(7)4-6;1-2/h2-5H,1H3;1-2H3. The molecule has 0 aliphatic carbocycles. The number of fused-ring (bicyclic) bond motifs is 1. The third kappa shape index (κ3) is 2.36. The minimum absolute atomic E-state index is 0.307. The first-order chi connectivity index (χ1) is 7.18. The molecule has 0 spiro atoms. The Morgan fingerprint density at radius 2 is 2.07 bits per heavy atom. The van der Waals surface area contributed by atoms with Crippen molar-refractivity contribution in [2.45, 2.75) is 20.8 Å². The molecule has 0 saturated heterocycles. The predicted octanol–water partition coefficient (Wildman–Crippen LogP) is 3.05. The van der Waals surface area contributed by atoms with Crippen molar-refractivity contribution in [3.8, 4) is 0 Å². The van der Waals surface area contributed by atoms with Crippen molar-refractivity contribution in [3.63, 3.8) is 0 Å². The molecule has 0 aliphatic heterocycles. The lowest BCUT2D eigenvalue weighted by atomic mass is 10.3. The summed E-state index contributed by atoms with van der Waals surface area (Å²) in [5, 5.41) is -0.522. The molecule has 4 heteroatoms. The molecule has 0 unspecified atom stereocenters. The minimum atomic E-state index is -0.522. The lowest BCUT2D eigenvalue weighted by Gasteiger charge is -1.95. The van der Waals surface area contributed by atoms with Gasteiger partial charge in [0.25, 0.3) is 5.24 Å². The Hall–Kier alpha value is -1.35. The van der Waals surface area contributed by atoms with Crippen molar-refractivity contribution in [2.24, 2.45) is 0 Å². The molecule has 2 rings (SSSR count). The average Bonchev–Trinajstić information content (AvgIpc) is 2.63. The molecule has 0 aromatic carbocycles. The molecule has 0 amide bonds. The molecular weight excluding hydrogens is 212 g/mol. The van der Waals surface area contributed by atoms with Gasteiger partial charge < -0.3 is 4.40 Å². The number of hydrogen-bond donors (Lipinski definition) is 0. The van der Waals surface area contributed by atoms with Crippen molar-refractivity contribution < 1.29 is 4.79 Å². The van der Waals surface area contributed by atoms with E-state index in [2.05, 4.69) is 4.98 Å². The smallest absolute Gasteiger partial charge is 0.273 e. The van der Waals surface area contributed by atoms with E-state index in [9.17, 15) is 4.79 Å². The summed E-state index contributed by atoms with van der Waals surface area (Å²) >= 11 is 5.35. The molecule has 15 heavy (non-hydrogen) atoms. The number of hydrogen-bond acceptors (Lipinski definition) is 2. The van der Waals surface area contributed by atoms with Crippen LogP contribution in [0.3, 0.4) is 0 Å². The number of nitrogens with zero attached hydrogens (tertiary/aromatic N) is 2. The lowest BCUT2D eigenvalue weighted by Crippen LogP contribution is -1.90. The molecule has 0 N–H and O–H groups in total. The fourth-order valence-corrected chi connectivity index (χ4v) is 1.41. The number of aromatic nitrogens is 2. The van der Waals surface area contributed by atoms with Crippen molar-refractivity contribution >= 4 is 22.4 Å². The highest BCUT2D eigenvalue weighted by Crippen LogP contribution is 2.12. The third-order valence-electron chi connectivity index (χ3n) is 1.87. The van der Waals surface area contributed by atoms with Gasteiger partial charge >= 0.3 is 0 Å². The van der Waals surface area contributed by atoms with Crippen LogP contribution >= 0.6 is 11.6 Å². The Balaban J connectivity index is 0.000000531. The van der Waals surface area contributed by atoms with Crippen molar-refractivity contribution in [1.82, 2.24) is 9.38 Å². The molecular formula is C11H13ClN2O. The number of carbonyl (C=O) groups excluding carboxylic acids is 1. The summed E-state index contributed by atoms with van der Waals surface area (Å²) in [6, 6.07) is 3.75. The van der Waals surface area contributed by atoms with Gasteiger partial charge in [0.2, 0.25) is 0 Å². The van der Waals surface area contributed by atoms with Crippen LogP contribution in [0.5, 0.6) is 0 Å². The minimum Gasteiger partial charge on any atom is -0.305 e. The van der Waals surface area contributed by atoms with Crippen LogP contribution in [0.25, 0.3) is 5.52 Å². The molecule has 0 bridgehead atoms. The van der Waals surface area contributed by atoms with Gasteiger partial charge in [0.1, 0.15) is 12.0 Å². The van der Waals surface area contributed by atoms with Crippen LogP contribution in [0.15, 0.2) is 24.7 Å². The first kappa shape index (κ1) is 11.7. The van der Waals surface area contributed by atoms with Crippen molar-refractivity contribution in [1.29, 1.82) is 0 Å². The largest absolute Gasteiger partial charge is 0.305 e. The van der Waals surface area contributed by atoms with E-state index in [4.69, 9.17) is 11.6 Å². The van der Waals surface area contributed by atoms with E-state index in [1.807, 2.05) is 39.1 Å². The molecule has 0 radical (unpaired) electrons. The third-order valence-corrected chi connectivity index (χ3v) is 2.04. The van der Waals surface area contributed by atoms with Crippen LogP contribution in [-0.4, -0.2) is 14.6 Å². The van der Waals surface area contributed by atoms with Crippen LogP contribution in [0, 0.1) is 6.92 Å². The second kappa shape index (κ2) is 4.94. The Labute approximate surface area is 93.7 Å². The number of halogens is 1. The highest BCUT2D eigenvalue weighted by atomic mass is 35.5. The monoisotopic (exact) mass is 224 g/mol. The van der Waals surface area contributed by atoms with Gasteiger partial charge in [-0.25, -0.2) is 4.98 Å². The maximum absolute atomic E-state index is 10.9. The van der Waals surface area contributed by atoms with Crippen LogP contribution < -0.4 is 0 Å². The highest BCUT2D eigenvalue weighted by Gasteiger charge is 2.09. The topological polar surface area (TPSA) is 34.4 Å². The number of rotatable bonds is 1. The molecule has 0 aliphatic rings. The van der Waals surface area contributed by atoms with Gasteiger partial charge in [-0.1, -0.05) is 19.9 Å². The Morgan fingerprint density at radius 3 is 2.67 bits per heavy atom. The lowest BCUT2D eigenvalue weighted by molar-refractivity contribution is 0.107. The fourth-order valence-electron chi connectivity index (χ4n) is 1.26. The first-order valence-electron chi connectivity index (χ1n) is 4.81. The van der Waals surface area contributed by atoms with Crippen LogP contribution in [0.1, 0.15) is 29.9 Å². The zero-order valence-corrected chi connectivity index (χ0v) is 9.75. The number of pyridine rings is 1. The van der Waals surface area contributed by atoms with Gasteiger partial charge in [-0.2, -0.15) is 0 Å². The van der Waals surface area contributed by atoms with Crippen LogP contribution in [0.2, 0.25) is 0 Å². The van der Waals surface area contributed by atoms with E-state index in [1.165, 1.54) is 0 Å². The number of imidazole rings is 1. The van der Waals surface area contributed by atoms with Gasteiger partial charge in [0.05, 0.1) is 5.52 Å². The SMILES string of the molecule is CC.Cc1ccc2c(C(=O)Cl)ncn2c1. The number of carbonyl (C=O) groups is 1. The summed E-state index contributed by atoms with van der Waals surface area (Å²) in [5.74, 6) is 0. The van der Waals surface area contributed by atoms with Crippen molar-refractivity contribution in [3.05, 3.63) is 35.9 Å². The Morgan fingerprint density at radius 1 is 1.40 bits per heavy atom. The zero-order valence-electron chi connectivity index (χ0n) is 8.99. The van der Waals surface area contributed by atoms with E-state index in [0.29, 0.717) is 5.69 Å². The second-order valence-corrected chi connectivity index (χ2v) is 3.21. The van der Waals surface area contributed by atoms with Gasteiger partial charge in [0, 0.05) is 6.20 Å². The van der Waals surface area contributed by atoms with E-state index in [0.717, 1.165) is 11.1 Å². The first-order valence-corrected chi connectivity index (χ1v) is 5.19. The van der Waals surface area contributed by atoms with Gasteiger partial charge in [-0.05, 0) is 30.2 Å². The van der Waals surface area contributed by atoms with Crippen molar-refractivity contribution in [2.75, 3.05) is 0 Å². The molecule has 80 valence electrons. The summed E-state index contributed by atoms with van der Waals surface area (Å²) in [6.07, 6.45) is 3.48. The molecule has 3 nitrogen and oxygen atoms in total. The highest BCUT2D eigenvalue weighted by molar-refractivity contribution is 6.68. The second-order valence-electron chi connectivity index (χ2n) is 2.87. The normalized spacial score (nSPS) is 9.60. The van der Waals surface area contributed by atoms with Crippen LogP contribution in [0.4, 0.5) is 0 Å². The van der Waals surface area contributed by atoms with Gasteiger partial charge in [0.15, 0.2) is 0 Å². The predicted molar refractivity (Wildman–Crippen MR) is 61.5 cm³/mol. The van der Waals surface area contributed by atoms with Crippen LogP contribution in [-0.2, 0) is 0 Å². The maximum Gasteiger partial charge on any atom is 0.273 e. The summed E-state index contributed by atoms with van der Waals surface area (Å²) in [6.45, 7) is 5.97. The molecule has 2 heterocycles. The summed E-state index contributed by atoms with van der Waals surface area (Å²) < 4.78 is 1.78. The summed E-state index contributed by atoms with van der Waals surface area (Å²) in [7, 11) is 0. The summed E-state index contributed by atoms with van der Waals surface area (Å²) in [4.78, 5) is 14.8. The summed E-state index contributed by atoms with van der Waals surface area (Å²) in [5.41, 5.74) is 2.16.